The molecule has 0 aliphatic carbocycles. The average molecular weight is 259 g/mol. The zero-order valence-electron chi connectivity index (χ0n) is 11.2. The van der Waals surface area contributed by atoms with Crippen LogP contribution in [0.5, 0.6) is 0 Å². The molecular formula is C13H17N5O. The molecule has 2 rings (SSSR count). The van der Waals surface area contributed by atoms with Crippen LogP contribution < -0.4 is 11.1 Å². The number of nitrogens with one attached hydrogen (secondary N) is 1. The van der Waals surface area contributed by atoms with E-state index in [-0.39, 0.29) is 5.91 Å². The van der Waals surface area contributed by atoms with Crippen LogP contribution in [0.1, 0.15) is 24.6 Å². The van der Waals surface area contributed by atoms with Crippen LogP contribution in [0.4, 0.5) is 11.4 Å². The second kappa shape index (κ2) is 5.09. The van der Waals surface area contributed by atoms with Crippen molar-refractivity contribution in [3.8, 4) is 0 Å². The Kier molecular flexibility index (Phi) is 3.50. The number of hydrogen-bond donors (Lipinski definition) is 2. The summed E-state index contributed by atoms with van der Waals surface area (Å²) in [6, 6.07) is 6.59. The van der Waals surface area contributed by atoms with E-state index < -0.39 is 6.04 Å². The van der Waals surface area contributed by atoms with E-state index in [1.165, 1.54) is 0 Å². The maximum absolute atomic E-state index is 12.1. The van der Waals surface area contributed by atoms with Crippen LogP contribution >= 0.6 is 0 Å². The van der Waals surface area contributed by atoms with Gasteiger partial charge < -0.3 is 11.1 Å². The summed E-state index contributed by atoms with van der Waals surface area (Å²) < 4.78 is 1.61. The first kappa shape index (κ1) is 13.1. The first-order valence-corrected chi connectivity index (χ1v) is 6.03. The van der Waals surface area contributed by atoms with Crippen molar-refractivity contribution in [3.05, 3.63) is 35.9 Å². The van der Waals surface area contributed by atoms with E-state index in [4.69, 9.17) is 5.73 Å². The summed E-state index contributed by atoms with van der Waals surface area (Å²) in [7, 11) is 0. The Labute approximate surface area is 111 Å². The lowest BCUT2D eigenvalue weighted by Crippen LogP contribution is -2.25. The van der Waals surface area contributed by atoms with Crippen LogP contribution in [0.15, 0.2) is 24.3 Å². The molecule has 0 saturated carbocycles. The molecule has 1 aromatic carbocycles. The normalized spacial score (nSPS) is 12.2. The molecule has 0 spiro atoms. The van der Waals surface area contributed by atoms with E-state index in [1.807, 2.05) is 6.92 Å². The fourth-order valence-corrected chi connectivity index (χ4v) is 1.83. The highest BCUT2D eigenvalue weighted by atomic mass is 16.2. The Hall–Kier alpha value is -2.37. The minimum Gasteiger partial charge on any atom is -0.399 e. The molecule has 1 amide bonds. The Balaban J connectivity index is 2.11. The molecule has 3 N–H and O–H groups in total. The number of nitrogens with zero attached hydrogens (tertiary/aromatic N) is 3. The Bertz CT molecular complexity index is 588. The van der Waals surface area contributed by atoms with Crippen molar-refractivity contribution in [2.24, 2.45) is 0 Å². The number of nitrogens with two attached hydrogens (primary N) is 1. The van der Waals surface area contributed by atoms with E-state index in [1.54, 1.807) is 42.8 Å². The SMILES string of the molecule is Cc1nc(C)n(C(C)C(=O)Nc2ccc(N)cc2)n1. The number of carbonyl (C=O) groups excluding carboxylic acids is 1. The summed E-state index contributed by atoms with van der Waals surface area (Å²) in [5.41, 5.74) is 6.97. The van der Waals surface area contributed by atoms with Crippen molar-refractivity contribution < 1.29 is 4.79 Å². The van der Waals surface area contributed by atoms with Gasteiger partial charge in [0.25, 0.3) is 0 Å². The van der Waals surface area contributed by atoms with Gasteiger partial charge in [0.05, 0.1) is 0 Å². The van der Waals surface area contributed by atoms with Crippen LogP contribution in [-0.2, 0) is 4.79 Å². The van der Waals surface area contributed by atoms with E-state index in [9.17, 15) is 4.79 Å². The van der Waals surface area contributed by atoms with Crippen LogP contribution in [0, 0.1) is 13.8 Å². The molecule has 19 heavy (non-hydrogen) atoms. The molecule has 0 aliphatic rings. The highest BCUT2D eigenvalue weighted by Crippen LogP contribution is 2.14. The third-order valence-corrected chi connectivity index (χ3v) is 2.83. The number of nitrogen functional groups attached to an aromatic ring is 1. The van der Waals surface area contributed by atoms with Gasteiger partial charge in [-0.25, -0.2) is 9.67 Å². The monoisotopic (exact) mass is 259 g/mol. The summed E-state index contributed by atoms with van der Waals surface area (Å²) in [6.07, 6.45) is 0. The quantitative estimate of drug-likeness (QED) is 0.821. The number of rotatable bonds is 3. The molecule has 6 nitrogen and oxygen atoms in total. The molecule has 6 heteroatoms. The van der Waals surface area contributed by atoms with Gasteiger partial charge in [0.15, 0.2) is 0 Å². The van der Waals surface area contributed by atoms with Crippen molar-refractivity contribution in [2.75, 3.05) is 11.1 Å². The van der Waals surface area contributed by atoms with E-state index >= 15 is 0 Å². The summed E-state index contributed by atoms with van der Waals surface area (Å²) >= 11 is 0. The predicted molar refractivity (Wildman–Crippen MR) is 73.7 cm³/mol. The lowest BCUT2D eigenvalue weighted by atomic mass is 10.2. The minimum atomic E-state index is -0.418. The summed E-state index contributed by atoms with van der Waals surface area (Å²) in [4.78, 5) is 16.3. The van der Waals surface area contributed by atoms with Gasteiger partial charge in [0.2, 0.25) is 5.91 Å². The van der Waals surface area contributed by atoms with Crippen molar-refractivity contribution in [3.63, 3.8) is 0 Å². The van der Waals surface area contributed by atoms with Gasteiger partial charge in [-0.3, -0.25) is 4.79 Å². The molecule has 1 aromatic heterocycles. The largest absolute Gasteiger partial charge is 0.399 e. The maximum Gasteiger partial charge on any atom is 0.249 e. The third-order valence-electron chi connectivity index (χ3n) is 2.83. The fourth-order valence-electron chi connectivity index (χ4n) is 1.83. The lowest BCUT2D eigenvalue weighted by Gasteiger charge is -2.13. The molecule has 0 saturated heterocycles. The molecule has 1 unspecified atom stereocenters. The van der Waals surface area contributed by atoms with Gasteiger partial charge in [-0.1, -0.05) is 0 Å². The first-order valence-electron chi connectivity index (χ1n) is 6.03. The van der Waals surface area contributed by atoms with Gasteiger partial charge in [-0.15, -0.1) is 0 Å². The van der Waals surface area contributed by atoms with Gasteiger partial charge in [-0.05, 0) is 45.0 Å². The molecule has 0 bridgehead atoms. The van der Waals surface area contributed by atoms with Crippen molar-refractivity contribution >= 4 is 17.3 Å². The number of hydrogen-bond acceptors (Lipinski definition) is 4. The highest BCUT2D eigenvalue weighted by Gasteiger charge is 2.18. The topological polar surface area (TPSA) is 85.8 Å². The van der Waals surface area contributed by atoms with Crippen LogP contribution in [0.2, 0.25) is 0 Å². The van der Waals surface area contributed by atoms with Crippen molar-refractivity contribution in [1.29, 1.82) is 0 Å². The standard InChI is InChI=1S/C13H17N5O/c1-8(18-10(3)15-9(2)17-18)13(19)16-12-6-4-11(14)5-7-12/h4-8H,14H2,1-3H3,(H,16,19). The summed E-state index contributed by atoms with van der Waals surface area (Å²) in [5.74, 6) is 1.24. The van der Waals surface area contributed by atoms with Gasteiger partial charge in [0.1, 0.15) is 17.7 Å². The number of carbonyl (C=O) groups is 1. The summed E-state index contributed by atoms with van der Waals surface area (Å²) in [5, 5.41) is 7.03. The third kappa shape index (κ3) is 2.90. The molecule has 1 atom stereocenters. The molecule has 0 aliphatic heterocycles. The van der Waals surface area contributed by atoms with Crippen molar-refractivity contribution in [1.82, 2.24) is 14.8 Å². The minimum absolute atomic E-state index is 0.141. The van der Waals surface area contributed by atoms with E-state index in [0.717, 1.165) is 5.82 Å². The number of amides is 1. The smallest absolute Gasteiger partial charge is 0.249 e. The van der Waals surface area contributed by atoms with E-state index in [2.05, 4.69) is 15.4 Å². The molecule has 100 valence electrons. The van der Waals surface area contributed by atoms with E-state index in [0.29, 0.717) is 17.2 Å². The highest BCUT2D eigenvalue weighted by molar-refractivity contribution is 5.93. The Morgan fingerprint density at radius 2 is 1.95 bits per heavy atom. The van der Waals surface area contributed by atoms with Gasteiger partial charge in [0, 0.05) is 11.4 Å². The molecule has 0 radical (unpaired) electrons. The average Bonchev–Trinajstić information content (AvgIpc) is 2.70. The lowest BCUT2D eigenvalue weighted by molar-refractivity contribution is -0.119. The van der Waals surface area contributed by atoms with Crippen LogP contribution in [0.3, 0.4) is 0 Å². The number of aryl methyl sites for hydroxylation is 2. The Morgan fingerprint density at radius 3 is 2.47 bits per heavy atom. The molecule has 1 heterocycles. The second-order valence-corrected chi connectivity index (χ2v) is 4.44. The molecular weight excluding hydrogens is 242 g/mol. The van der Waals surface area contributed by atoms with Gasteiger partial charge in [-0.2, -0.15) is 5.10 Å². The van der Waals surface area contributed by atoms with Crippen LogP contribution in [0.25, 0.3) is 0 Å². The zero-order valence-corrected chi connectivity index (χ0v) is 11.2. The Morgan fingerprint density at radius 1 is 1.32 bits per heavy atom. The molecule has 2 aromatic rings. The number of benzene rings is 1. The second-order valence-electron chi connectivity index (χ2n) is 4.44. The van der Waals surface area contributed by atoms with Crippen LogP contribution in [-0.4, -0.2) is 20.7 Å². The maximum atomic E-state index is 12.1. The van der Waals surface area contributed by atoms with Crippen molar-refractivity contribution in [2.45, 2.75) is 26.8 Å². The fraction of sp³-hybridized carbons (Fsp3) is 0.308. The zero-order chi connectivity index (χ0) is 14.0. The number of aromatic nitrogens is 3. The van der Waals surface area contributed by atoms with Gasteiger partial charge >= 0.3 is 0 Å². The molecule has 0 fully saturated rings. The first-order chi connectivity index (χ1) is 8.97. The number of anilines is 2. The predicted octanol–water partition coefficient (Wildman–Crippen LogP) is 1.68. The summed E-state index contributed by atoms with van der Waals surface area (Å²) in [6.45, 7) is 5.41.